The van der Waals surface area contributed by atoms with Crippen LogP contribution < -0.4 is 4.90 Å². The van der Waals surface area contributed by atoms with Gasteiger partial charge in [0, 0.05) is 29.6 Å². The molecule has 1 aliphatic heterocycles. The molecule has 1 atom stereocenters. The van der Waals surface area contributed by atoms with E-state index < -0.39 is 6.04 Å². The Kier molecular flexibility index (Phi) is 4.98. The first kappa shape index (κ1) is 20.0. The number of nitriles is 1. The van der Waals surface area contributed by atoms with E-state index in [9.17, 15) is 14.4 Å². The van der Waals surface area contributed by atoms with Crippen LogP contribution >= 0.6 is 0 Å². The molecule has 2 fully saturated rings. The largest absolute Gasteiger partial charge is 0.361 e. The molecular formula is C25H22N4O3. The Morgan fingerprint density at radius 2 is 1.88 bits per heavy atom. The number of carbonyl (C=O) groups is 3. The number of benzene rings is 2. The van der Waals surface area contributed by atoms with Gasteiger partial charge in [0.2, 0.25) is 11.8 Å². The van der Waals surface area contributed by atoms with Crippen LogP contribution in [0.5, 0.6) is 0 Å². The second kappa shape index (κ2) is 7.97. The number of carbonyl (C=O) groups excluding carboxylic acids is 3. The predicted molar refractivity (Wildman–Crippen MR) is 118 cm³/mol. The quantitative estimate of drug-likeness (QED) is 0.612. The van der Waals surface area contributed by atoms with E-state index in [2.05, 4.69) is 4.98 Å². The van der Waals surface area contributed by atoms with Gasteiger partial charge in [-0.25, -0.2) is 4.90 Å². The molecule has 1 saturated heterocycles. The number of fused-ring (bicyclic) bond motifs is 1. The van der Waals surface area contributed by atoms with E-state index in [1.807, 2.05) is 36.5 Å². The summed E-state index contributed by atoms with van der Waals surface area (Å²) < 4.78 is 0. The lowest BCUT2D eigenvalue weighted by atomic mass is 10.1. The van der Waals surface area contributed by atoms with Gasteiger partial charge in [-0.15, -0.1) is 0 Å². The highest BCUT2D eigenvalue weighted by Gasteiger charge is 2.46. The van der Waals surface area contributed by atoms with Crippen LogP contribution in [-0.2, 0) is 20.8 Å². The average Bonchev–Trinajstić information content (AvgIpc) is 3.52. The van der Waals surface area contributed by atoms with Crippen molar-refractivity contribution in [3.8, 4) is 6.07 Å². The first-order valence-corrected chi connectivity index (χ1v) is 10.8. The summed E-state index contributed by atoms with van der Waals surface area (Å²) in [7, 11) is 0. The topological polar surface area (TPSA) is 97.3 Å². The van der Waals surface area contributed by atoms with E-state index in [-0.39, 0.29) is 30.1 Å². The molecule has 1 aromatic heterocycles. The maximum atomic E-state index is 13.3. The average molecular weight is 426 g/mol. The minimum absolute atomic E-state index is 0.0226. The van der Waals surface area contributed by atoms with Crippen molar-refractivity contribution in [2.75, 3.05) is 11.4 Å². The van der Waals surface area contributed by atoms with E-state index >= 15 is 0 Å². The summed E-state index contributed by atoms with van der Waals surface area (Å²) >= 11 is 0. The molecule has 1 saturated carbocycles. The molecule has 0 radical (unpaired) electrons. The van der Waals surface area contributed by atoms with Crippen molar-refractivity contribution in [1.29, 1.82) is 5.26 Å². The summed E-state index contributed by atoms with van der Waals surface area (Å²) in [5.74, 6) is -0.805. The predicted octanol–water partition coefficient (Wildman–Crippen LogP) is 3.15. The second-order valence-corrected chi connectivity index (χ2v) is 8.36. The number of imide groups is 1. The number of hydrogen-bond donors (Lipinski definition) is 1. The molecule has 1 unspecified atom stereocenters. The third-order valence-electron chi connectivity index (χ3n) is 6.26. The summed E-state index contributed by atoms with van der Waals surface area (Å²) in [5, 5.41) is 10.1. The first-order chi connectivity index (χ1) is 15.6. The smallest absolute Gasteiger partial charge is 0.257 e. The lowest BCUT2D eigenvalue weighted by Crippen LogP contribution is -2.47. The summed E-state index contributed by atoms with van der Waals surface area (Å²) in [5.41, 5.74) is 2.99. The molecule has 0 bridgehead atoms. The van der Waals surface area contributed by atoms with Crippen molar-refractivity contribution < 1.29 is 14.4 Å². The summed E-state index contributed by atoms with van der Waals surface area (Å²) in [6.07, 6.45) is 4.17. The van der Waals surface area contributed by atoms with Crippen molar-refractivity contribution in [1.82, 2.24) is 9.88 Å². The minimum Gasteiger partial charge on any atom is -0.361 e. The molecule has 7 nitrogen and oxygen atoms in total. The van der Waals surface area contributed by atoms with Gasteiger partial charge >= 0.3 is 0 Å². The van der Waals surface area contributed by atoms with Crippen LogP contribution in [0.1, 0.15) is 30.4 Å². The standard InChI is InChI=1S/C25H22N4O3/c26-14-16-5-9-19(10-6-16)29-23(30)13-22(25(29)32)28(24(31)17-7-8-17)12-11-18-15-27-21-4-2-1-3-20(18)21/h1-6,9-10,15,17,22,27H,7-8,11-13H2. The fourth-order valence-electron chi connectivity index (χ4n) is 4.38. The number of H-pyrrole nitrogens is 1. The summed E-state index contributed by atoms with van der Waals surface area (Å²) in [4.78, 5) is 45.1. The number of anilines is 1. The number of hydrogen-bond acceptors (Lipinski definition) is 4. The van der Waals surface area contributed by atoms with Crippen LogP contribution in [-0.4, -0.2) is 40.2 Å². The van der Waals surface area contributed by atoms with E-state index in [1.165, 1.54) is 0 Å². The third kappa shape index (κ3) is 3.54. The number of aromatic amines is 1. The lowest BCUT2D eigenvalue weighted by molar-refractivity contribution is -0.139. The normalized spacial score (nSPS) is 18.2. The molecular weight excluding hydrogens is 404 g/mol. The van der Waals surface area contributed by atoms with E-state index in [4.69, 9.17) is 5.26 Å². The van der Waals surface area contributed by atoms with Gasteiger partial charge in [0.15, 0.2) is 0 Å². The zero-order valence-electron chi connectivity index (χ0n) is 17.5. The molecule has 32 heavy (non-hydrogen) atoms. The van der Waals surface area contributed by atoms with Gasteiger partial charge in [0.05, 0.1) is 23.7 Å². The molecule has 7 heteroatoms. The maximum absolute atomic E-state index is 13.3. The number of nitrogens with one attached hydrogen (secondary N) is 1. The van der Waals surface area contributed by atoms with Crippen molar-refractivity contribution in [2.24, 2.45) is 5.92 Å². The Labute approximate surface area is 185 Å². The van der Waals surface area contributed by atoms with E-state index in [0.717, 1.165) is 34.2 Å². The molecule has 2 aliphatic rings. The molecule has 0 spiro atoms. The monoisotopic (exact) mass is 426 g/mol. The number of para-hydroxylation sites is 1. The van der Waals surface area contributed by atoms with Gasteiger partial charge in [-0.1, -0.05) is 18.2 Å². The van der Waals surface area contributed by atoms with Gasteiger partial charge in [0.1, 0.15) is 6.04 Å². The van der Waals surface area contributed by atoms with Crippen LogP contribution in [0.3, 0.4) is 0 Å². The molecule has 1 N–H and O–H groups in total. The fraction of sp³-hybridized carbons (Fsp3) is 0.280. The molecule has 3 amide bonds. The molecule has 160 valence electrons. The van der Waals surface area contributed by atoms with Gasteiger partial charge in [-0.3, -0.25) is 14.4 Å². The van der Waals surface area contributed by atoms with Crippen LogP contribution in [0.4, 0.5) is 5.69 Å². The van der Waals surface area contributed by atoms with Crippen molar-refractivity contribution in [3.63, 3.8) is 0 Å². The maximum Gasteiger partial charge on any atom is 0.257 e. The molecule has 2 aromatic carbocycles. The van der Waals surface area contributed by atoms with Crippen molar-refractivity contribution >= 4 is 34.3 Å². The Morgan fingerprint density at radius 1 is 1.12 bits per heavy atom. The molecule has 2 heterocycles. The third-order valence-corrected chi connectivity index (χ3v) is 6.26. The second-order valence-electron chi connectivity index (χ2n) is 8.36. The number of aromatic nitrogens is 1. The van der Waals surface area contributed by atoms with E-state index in [1.54, 1.807) is 29.2 Å². The van der Waals surface area contributed by atoms with E-state index in [0.29, 0.717) is 24.2 Å². The zero-order chi connectivity index (χ0) is 22.2. The zero-order valence-corrected chi connectivity index (χ0v) is 17.5. The van der Waals surface area contributed by atoms with Crippen molar-refractivity contribution in [2.45, 2.75) is 31.7 Å². The Morgan fingerprint density at radius 3 is 2.59 bits per heavy atom. The Hall–Kier alpha value is -3.92. The molecule has 3 aromatic rings. The number of amides is 3. The van der Waals surface area contributed by atoms with Gasteiger partial charge in [0.25, 0.3) is 5.91 Å². The van der Waals surface area contributed by atoms with Crippen LogP contribution in [0.25, 0.3) is 10.9 Å². The number of nitrogens with zero attached hydrogens (tertiary/aromatic N) is 3. The van der Waals surface area contributed by atoms with Gasteiger partial charge in [-0.2, -0.15) is 5.26 Å². The lowest BCUT2D eigenvalue weighted by Gasteiger charge is -2.28. The van der Waals surface area contributed by atoms with Crippen LogP contribution in [0, 0.1) is 17.2 Å². The first-order valence-electron chi connectivity index (χ1n) is 10.8. The Bertz CT molecular complexity index is 1250. The highest BCUT2D eigenvalue weighted by Crippen LogP contribution is 2.34. The van der Waals surface area contributed by atoms with Gasteiger partial charge in [-0.05, 0) is 55.2 Å². The summed E-state index contributed by atoms with van der Waals surface area (Å²) in [6, 6.07) is 15.5. The van der Waals surface area contributed by atoms with Crippen molar-refractivity contribution in [3.05, 3.63) is 65.9 Å². The molecule has 5 rings (SSSR count). The van der Waals surface area contributed by atoms with Crippen LogP contribution in [0.15, 0.2) is 54.7 Å². The van der Waals surface area contributed by atoms with Crippen LogP contribution in [0.2, 0.25) is 0 Å². The molecule has 1 aliphatic carbocycles. The van der Waals surface area contributed by atoms with Gasteiger partial charge < -0.3 is 9.88 Å². The SMILES string of the molecule is N#Cc1ccc(N2C(=O)CC(N(CCc3c[nH]c4ccccc34)C(=O)C3CC3)C2=O)cc1. The fourth-order valence-corrected chi connectivity index (χ4v) is 4.38. The summed E-state index contributed by atoms with van der Waals surface area (Å²) in [6.45, 7) is 0.377. The Balaban J connectivity index is 1.39. The minimum atomic E-state index is -0.795. The highest BCUT2D eigenvalue weighted by atomic mass is 16.2. The highest BCUT2D eigenvalue weighted by molar-refractivity contribution is 6.23. The number of rotatable bonds is 6.